The molecule has 1 saturated heterocycles. The van der Waals surface area contributed by atoms with Crippen LogP contribution in [-0.4, -0.2) is 50.2 Å². The molecule has 0 aromatic rings. The molecule has 1 fully saturated rings. The van der Waals surface area contributed by atoms with E-state index in [1.54, 1.807) is 0 Å². The molecular weight excluding hydrogens is 184 g/mol. The fourth-order valence-corrected chi connectivity index (χ4v) is 3.15. The Morgan fingerprint density at radius 3 is 2.45 bits per heavy atom. The average Bonchev–Trinajstić information content (AvgIpc) is 2.01. The smallest absolute Gasteiger partial charge is 0.108 e. The van der Waals surface area contributed by atoms with Gasteiger partial charge in [-0.2, -0.15) is 0 Å². The molecule has 3 N–H and O–H groups in total. The molecule has 0 amide bonds. The van der Waals surface area contributed by atoms with Gasteiger partial charge in [0.2, 0.25) is 0 Å². The van der Waals surface area contributed by atoms with E-state index in [0.717, 1.165) is 0 Å². The lowest BCUT2D eigenvalue weighted by molar-refractivity contribution is -0.0473. The van der Waals surface area contributed by atoms with Crippen molar-refractivity contribution < 1.29 is 15.3 Å². The second kappa shape index (κ2) is 4.00. The number of hydrogen-bond donors (Lipinski definition) is 3. The molecule has 5 heteroatoms. The molecular formula is C6H12O3S2. The van der Waals surface area contributed by atoms with E-state index in [0.29, 0.717) is 5.75 Å². The van der Waals surface area contributed by atoms with Crippen LogP contribution < -0.4 is 0 Å². The third kappa shape index (κ3) is 2.03. The van der Waals surface area contributed by atoms with Crippen molar-refractivity contribution in [3.8, 4) is 0 Å². The minimum absolute atomic E-state index is 0.00611. The van der Waals surface area contributed by atoms with Crippen LogP contribution in [0.3, 0.4) is 0 Å². The van der Waals surface area contributed by atoms with Gasteiger partial charge in [-0.1, -0.05) is 0 Å². The normalized spacial score (nSPS) is 45.8. The van der Waals surface area contributed by atoms with Crippen LogP contribution in [0, 0.1) is 0 Å². The van der Waals surface area contributed by atoms with E-state index in [9.17, 15) is 10.2 Å². The molecule has 0 aromatic heterocycles. The van der Waals surface area contributed by atoms with Gasteiger partial charge < -0.3 is 15.3 Å². The Bertz CT molecular complexity index is 131. The molecule has 66 valence electrons. The lowest BCUT2D eigenvalue weighted by Gasteiger charge is -2.33. The summed E-state index contributed by atoms with van der Waals surface area (Å²) in [5, 5.41) is 27.7. The predicted octanol–water partition coefficient (Wildman–Crippen LogP) is -0.495. The minimum Gasteiger partial charge on any atom is -0.389 e. The average molecular weight is 196 g/mol. The van der Waals surface area contributed by atoms with Gasteiger partial charge in [-0.3, -0.25) is 0 Å². The first kappa shape index (κ1) is 9.67. The zero-order valence-electron chi connectivity index (χ0n) is 6.17. The van der Waals surface area contributed by atoms with Gasteiger partial charge in [-0.25, -0.2) is 0 Å². The maximum Gasteiger partial charge on any atom is 0.108 e. The summed E-state index contributed by atoms with van der Waals surface area (Å²) < 4.78 is -0.00611. The van der Waals surface area contributed by atoms with Crippen LogP contribution >= 0.6 is 23.5 Å². The van der Waals surface area contributed by atoms with E-state index in [1.165, 1.54) is 23.5 Å². The molecule has 1 rings (SSSR count). The Balaban J connectivity index is 2.52. The standard InChI is InChI=1S/C6H12O3S2/c1-10-6-5(9)4(8)3(7)2-11-6/h3-9H,2H2,1H3/t3-,4+,5+,6-/m1/s1. The van der Waals surface area contributed by atoms with Gasteiger partial charge in [0, 0.05) is 5.75 Å². The molecule has 0 saturated carbocycles. The number of thioether (sulfide) groups is 2. The number of hydrogen-bond acceptors (Lipinski definition) is 5. The van der Waals surface area contributed by atoms with E-state index < -0.39 is 18.3 Å². The highest BCUT2D eigenvalue weighted by atomic mass is 32.2. The van der Waals surface area contributed by atoms with Crippen LogP contribution in [0.25, 0.3) is 0 Å². The third-order valence-electron chi connectivity index (χ3n) is 1.69. The molecule has 0 bridgehead atoms. The number of aliphatic hydroxyl groups excluding tert-OH is 3. The van der Waals surface area contributed by atoms with Crippen molar-refractivity contribution in [3.05, 3.63) is 0 Å². The zero-order chi connectivity index (χ0) is 8.43. The Hall–Kier alpha value is 0.580. The predicted molar refractivity (Wildman–Crippen MR) is 47.8 cm³/mol. The summed E-state index contributed by atoms with van der Waals surface area (Å²) in [5.74, 6) is 0.504. The highest BCUT2D eigenvalue weighted by Crippen LogP contribution is 2.32. The number of rotatable bonds is 1. The highest BCUT2D eigenvalue weighted by molar-refractivity contribution is 8.16. The van der Waals surface area contributed by atoms with Crippen molar-refractivity contribution in [2.45, 2.75) is 22.9 Å². The fourth-order valence-electron chi connectivity index (χ4n) is 0.987. The van der Waals surface area contributed by atoms with E-state index >= 15 is 0 Å². The summed E-state index contributed by atoms with van der Waals surface area (Å²) in [6.45, 7) is 0. The topological polar surface area (TPSA) is 60.7 Å². The molecule has 1 aliphatic rings. The van der Waals surface area contributed by atoms with Gasteiger partial charge in [-0.05, 0) is 6.26 Å². The van der Waals surface area contributed by atoms with Gasteiger partial charge in [0.1, 0.15) is 12.2 Å². The second-order valence-electron chi connectivity index (χ2n) is 2.49. The van der Waals surface area contributed by atoms with Crippen molar-refractivity contribution in [1.29, 1.82) is 0 Å². The summed E-state index contributed by atoms with van der Waals surface area (Å²) in [6.07, 6.45) is -0.684. The molecule has 1 aliphatic heterocycles. The Morgan fingerprint density at radius 1 is 1.27 bits per heavy atom. The van der Waals surface area contributed by atoms with Gasteiger partial charge >= 0.3 is 0 Å². The lowest BCUT2D eigenvalue weighted by Crippen LogP contribution is -2.47. The first-order valence-electron chi connectivity index (χ1n) is 3.35. The summed E-state index contributed by atoms with van der Waals surface area (Å²) in [4.78, 5) is 0. The Morgan fingerprint density at radius 2 is 1.91 bits per heavy atom. The molecule has 0 aliphatic carbocycles. The first-order valence-corrected chi connectivity index (χ1v) is 5.69. The second-order valence-corrected chi connectivity index (χ2v) is 4.94. The monoisotopic (exact) mass is 196 g/mol. The highest BCUT2D eigenvalue weighted by Gasteiger charge is 2.36. The lowest BCUT2D eigenvalue weighted by atomic mass is 10.1. The van der Waals surface area contributed by atoms with Crippen molar-refractivity contribution in [1.82, 2.24) is 0 Å². The van der Waals surface area contributed by atoms with Gasteiger partial charge in [0.05, 0.1) is 10.7 Å². The first-order chi connectivity index (χ1) is 5.16. The summed E-state index contributed by atoms with van der Waals surface area (Å²) in [7, 11) is 0. The van der Waals surface area contributed by atoms with Gasteiger partial charge in [-0.15, -0.1) is 23.5 Å². The van der Waals surface area contributed by atoms with E-state index in [4.69, 9.17) is 5.11 Å². The maximum absolute atomic E-state index is 9.36. The molecule has 11 heavy (non-hydrogen) atoms. The SMILES string of the molecule is CS[C@@H]1SC[C@@H](O)[C@H](O)[C@@H]1O. The molecule has 0 spiro atoms. The molecule has 1 heterocycles. The summed E-state index contributed by atoms with van der Waals surface area (Å²) >= 11 is 2.99. The molecule has 0 unspecified atom stereocenters. The van der Waals surface area contributed by atoms with E-state index in [1.807, 2.05) is 6.26 Å². The fraction of sp³-hybridized carbons (Fsp3) is 1.00. The molecule has 3 nitrogen and oxygen atoms in total. The zero-order valence-corrected chi connectivity index (χ0v) is 7.81. The molecule has 4 atom stereocenters. The summed E-state index contributed by atoms with van der Waals surface area (Å²) in [6, 6.07) is 0. The van der Waals surface area contributed by atoms with Crippen molar-refractivity contribution in [2.75, 3.05) is 12.0 Å². The van der Waals surface area contributed by atoms with Crippen LogP contribution in [0.5, 0.6) is 0 Å². The van der Waals surface area contributed by atoms with Crippen molar-refractivity contribution >= 4 is 23.5 Å². The van der Waals surface area contributed by atoms with Crippen LogP contribution in [-0.2, 0) is 0 Å². The van der Waals surface area contributed by atoms with Crippen molar-refractivity contribution in [3.63, 3.8) is 0 Å². The number of aliphatic hydroxyl groups is 3. The van der Waals surface area contributed by atoms with Crippen LogP contribution in [0.1, 0.15) is 0 Å². The van der Waals surface area contributed by atoms with Gasteiger partial charge in [0.15, 0.2) is 0 Å². The maximum atomic E-state index is 9.36. The quantitative estimate of drug-likeness (QED) is 0.528. The largest absolute Gasteiger partial charge is 0.389 e. The Kier molecular flexibility index (Phi) is 3.52. The third-order valence-corrected chi connectivity index (χ3v) is 4.56. The van der Waals surface area contributed by atoms with Gasteiger partial charge in [0.25, 0.3) is 0 Å². The Labute approximate surface area is 74.2 Å². The van der Waals surface area contributed by atoms with Crippen LogP contribution in [0.4, 0.5) is 0 Å². The van der Waals surface area contributed by atoms with E-state index in [2.05, 4.69) is 0 Å². The van der Waals surface area contributed by atoms with E-state index in [-0.39, 0.29) is 4.58 Å². The summed E-state index contributed by atoms with van der Waals surface area (Å²) in [5.41, 5.74) is 0. The minimum atomic E-state index is -0.978. The van der Waals surface area contributed by atoms with Crippen LogP contribution in [0.2, 0.25) is 0 Å². The van der Waals surface area contributed by atoms with Crippen LogP contribution in [0.15, 0.2) is 0 Å². The molecule has 0 aromatic carbocycles. The van der Waals surface area contributed by atoms with Crippen molar-refractivity contribution in [2.24, 2.45) is 0 Å². The molecule has 0 radical (unpaired) electrons.